The zero-order chi connectivity index (χ0) is 21.3. The molecule has 4 rings (SSSR count). The topological polar surface area (TPSA) is 63.5 Å². The molecular formula is C22H17F2N3O2S. The largest absolute Gasteiger partial charge is 0.346 e. The van der Waals surface area contributed by atoms with Crippen LogP contribution < -0.4 is 10.7 Å². The van der Waals surface area contributed by atoms with Crippen molar-refractivity contribution >= 4 is 22.1 Å². The van der Waals surface area contributed by atoms with Crippen molar-refractivity contribution in [1.29, 1.82) is 0 Å². The van der Waals surface area contributed by atoms with Gasteiger partial charge in [-0.25, -0.2) is 13.3 Å². The smallest absolute Gasteiger partial charge is 0.282 e. The van der Waals surface area contributed by atoms with E-state index in [1.807, 2.05) is 30.3 Å². The van der Waals surface area contributed by atoms with E-state index >= 15 is 0 Å². The minimum absolute atomic E-state index is 0.132. The number of carbonyl (C=O) groups is 1. The molecule has 0 atom stereocenters. The number of hydrogen-bond donors (Lipinski definition) is 1. The summed E-state index contributed by atoms with van der Waals surface area (Å²) in [5.74, 6) is -2.23. The van der Waals surface area contributed by atoms with Crippen LogP contribution in [0.3, 0.4) is 0 Å². The average molecular weight is 425 g/mol. The highest BCUT2D eigenvalue weighted by atomic mass is 32.1. The number of aromatic nitrogens is 2. The van der Waals surface area contributed by atoms with E-state index in [4.69, 9.17) is 0 Å². The third-order valence-electron chi connectivity index (χ3n) is 4.70. The molecule has 0 fully saturated rings. The number of nitrogens with zero attached hydrogens (tertiary/aromatic N) is 2. The number of nitrogens with one attached hydrogen (secondary N) is 1. The second-order valence-electron chi connectivity index (χ2n) is 6.86. The van der Waals surface area contributed by atoms with Gasteiger partial charge in [0.2, 0.25) is 5.01 Å². The Labute approximate surface area is 174 Å². The number of amides is 1. The Balaban J connectivity index is 1.61. The molecule has 0 spiro atoms. The summed E-state index contributed by atoms with van der Waals surface area (Å²) in [7, 11) is 0. The Morgan fingerprint density at radius 2 is 1.87 bits per heavy atom. The molecule has 2 heterocycles. The van der Waals surface area contributed by atoms with E-state index in [-0.39, 0.29) is 22.8 Å². The molecule has 8 heteroatoms. The fourth-order valence-corrected chi connectivity index (χ4v) is 4.03. The third-order valence-corrected chi connectivity index (χ3v) is 5.85. The van der Waals surface area contributed by atoms with Crippen molar-refractivity contribution in [2.24, 2.45) is 0 Å². The molecule has 5 nitrogen and oxygen atoms in total. The maximum absolute atomic E-state index is 13.5. The maximum Gasteiger partial charge on any atom is 0.282 e. The first-order valence-corrected chi connectivity index (χ1v) is 10.0. The molecule has 0 saturated carbocycles. The van der Waals surface area contributed by atoms with Gasteiger partial charge in [0.15, 0.2) is 17.1 Å². The number of fused-ring (bicyclic) bond motifs is 1. The fourth-order valence-electron chi connectivity index (χ4n) is 3.12. The van der Waals surface area contributed by atoms with E-state index in [0.29, 0.717) is 28.1 Å². The van der Waals surface area contributed by atoms with Crippen LogP contribution in [0.2, 0.25) is 0 Å². The first-order valence-electron chi connectivity index (χ1n) is 9.20. The lowest BCUT2D eigenvalue weighted by Crippen LogP contribution is -2.22. The minimum atomic E-state index is -0.962. The van der Waals surface area contributed by atoms with Crippen molar-refractivity contribution in [2.75, 3.05) is 0 Å². The van der Waals surface area contributed by atoms with Crippen LogP contribution in [-0.2, 0) is 13.0 Å². The Morgan fingerprint density at radius 3 is 2.60 bits per heavy atom. The molecule has 0 saturated heterocycles. The van der Waals surface area contributed by atoms with Gasteiger partial charge >= 0.3 is 0 Å². The number of pyridine rings is 1. The lowest BCUT2D eigenvalue weighted by Gasteiger charge is -2.05. The van der Waals surface area contributed by atoms with E-state index in [2.05, 4.69) is 10.4 Å². The van der Waals surface area contributed by atoms with Gasteiger partial charge in [0.1, 0.15) is 4.83 Å². The van der Waals surface area contributed by atoms with E-state index < -0.39 is 11.6 Å². The second kappa shape index (κ2) is 8.16. The molecule has 0 aliphatic heterocycles. The lowest BCUT2D eigenvalue weighted by molar-refractivity contribution is 0.0949. The van der Waals surface area contributed by atoms with Crippen molar-refractivity contribution in [1.82, 2.24) is 14.9 Å². The van der Waals surface area contributed by atoms with Crippen LogP contribution in [0.5, 0.6) is 0 Å². The zero-order valence-corrected chi connectivity index (χ0v) is 16.8. The summed E-state index contributed by atoms with van der Waals surface area (Å²) in [6, 6.07) is 13.0. The highest BCUT2D eigenvalue weighted by Crippen LogP contribution is 2.19. The summed E-state index contributed by atoms with van der Waals surface area (Å²) in [4.78, 5) is 25.8. The molecule has 0 aliphatic carbocycles. The predicted molar refractivity (Wildman–Crippen MR) is 111 cm³/mol. The molecule has 2 aromatic carbocycles. The molecule has 152 valence electrons. The standard InChI is InChI=1S/C22H17F2N3O2S/c1-13-19(28)16(9-15-7-8-17(23)18(24)10-15)12-27-22(13)30-21(26-27)20(29)25-11-14-5-3-2-4-6-14/h2-8,10,12H,9,11H2,1H3,(H,25,29). The summed E-state index contributed by atoms with van der Waals surface area (Å²) in [5.41, 5.74) is 2.07. The van der Waals surface area contributed by atoms with Gasteiger partial charge in [0.05, 0.1) is 0 Å². The van der Waals surface area contributed by atoms with Gasteiger partial charge in [-0.1, -0.05) is 47.7 Å². The molecular weight excluding hydrogens is 408 g/mol. The number of halogens is 2. The molecule has 0 radical (unpaired) electrons. The first-order chi connectivity index (χ1) is 14.4. The predicted octanol–water partition coefficient (Wildman–Crippen LogP) is 3.86. The van der Waals surface area contributed by atoms with Crippen molar-refractivity contribution < 1.29 is 13.6 Å². The SMILES string of the molecule is Cc1c(=O)c(Cc2ccc(F)c(F)c2)cn2nc(C(=O)NCc3ccccc3)sc12. The summed E-state index contributed by atoms with van der Waals surface area (Å²) in [6.45, 7) is 2.03. The molecule has 1 amide bonds. The van der Waals surface area contributed by atoms with Crippen molar-refractivity contribution in [3.63, 3.8) is 0 Å². The number of rotatable bonds is 5. The summed E-state index contributed by atoms with van der Waals surface area (Å²) < 4.78 is 28.1. The van der Waals surface area contributed by atoms with Crippen LogP contribution in [0.4, 0.5) is 8.78 Å². The monoisotopic (exact) mass is 425 g/mol. The zero-order valence-electron chi connectivity index (χ0n) is 16.0. The van der Waals surface area contributed by atoms with Crippen LogP contribution in [0.1, 0.15) is 32.1 Å². The van der Waals surface area contributed by atoms with Crippen LogP contribution in [-0.4, -0.2) is 15.5 Å². The average Bonchev–Trinajstić information content (AvgIpc) is 3.18. The molecule has 1 N–H and O–H groups in total. The van der Waals surface area contributed by atoms with Crippen molar-refractivity contribution in [3.05, 3.63) is 104 Å². The second-order valence-corrected chi connectivity index (χ2v) is 7.84. The quantitative estimate of drug-likeness (QED) is 0.528. The van der Waals surface area contributed by atoms with Gasteiger partial charge in [0.25, 0.3) is 5.91 Å². The normalized spacial score (nSPS) is 11.0. The summed E-state index contributed by atoms with van der Waals surface area (Å²) >= 11 is 1.13. The molecule has 0 aliphatic rings. The number of aryl methyl sites for hydroxylation is 1. The van der Waals surface area contributed by atoms with Crippen LogP contribution in [0, 0.1) is 18.6 Å². The van der Waals surface area contributed by atoms with E-state index in [1.54, 1.807) is 6.92 Å². The number of benzene rings is 2. The lowest BCUT2D eigenvalue weighted by atomic mass is 10.0. The minimum Gasteiger partial charge on any atom is -0.346 e. The van der Waals surface area contributed by atoms with Gasteiger partial charge in [-0.3, -0.25) is 9.59 Å². The Morgan fingerprint density at radius 1 is 1.10 bits per heavy atom. The van der Waals surface area contributed by atoms with Crippen LogP contribution in [0.15, 0.2) is 59.5 Å². The van der Waals surface area contributed by atoms with Gasteiger partial charge < -0.3 is 5.32 Å². The fraction of sp³-hybridized carbons (Fsp3) is 0.136. The highest BCUT2D eigenvalue weighted by Gasteiger charge is 2.17. The maximum atomic E-state index is 13.5. The molecule has 4 aromatic rings. The summed E-state index contributed by atoms with van der Waals surface area (Å²) in [5, 5.41) is 7.36. The van der Waals surface area contributed by atoms with Crippen molar-refractivity contribution in [2.45, 2.75) is 19.9 Å². The Hall–Kier alpha value is -3.39. The molecule has 2 aromatic heterocycles. The third kappa shape index (κ3) is 3.99. The number of carbonyl (C=O) groups excluding carboxylic acids is 1. The molecule has 0 bridgehead atoms. The van der Waals surface area contributed by atoms with E-state index in [0.717, 1.165) is 29.0 Å². The van der Waals surface area contributed by atoms with Crippen LogP contribution in [0.25, 0.3) is 4.83 Å². The Kier molecular flexibility index (Phi) is 5.41. The van der Waals surface area contributed by atoms with Gasteiger partial charge in [-0.15, -0.1) is 0 Å². The van der Waals surface area contributed by atoms with Crippen molar-refractivity contribution in [3.8, 4) is 0 Å². The van der Waals surface area contributed by atoms with Crippen LogP contribution >= 0.6 is 11.3 Å². The Bertz CT molecular complexity index is 1300. The van der Waals surface area contributed by atoms with Gasteiger partial charge in [-0.2, -0.15) is 5.10 Å². The highest BCUT2D eigenvalue weighted by molar-refractivity contribution is 7.19. The van der Waals surface area contributed by atoms with E-state index in [9.17, 15) is 18.4 Å². The summed E-state index contributed by atoms with van der Waals surface area (Å²) in [6.07, 6.45) is 1.67. The van der Waals surface area contributed by atoms with Gasteiger partial charge in [0, 0.05) is 30.3 Å². The molecule has 30 heavy (non-hydrogen) atoms. The first kappa shape index (κ1) is 19.9. The van der Waals surface area contributed by atoms with E-state index in [1.165, 1.54) is 16.8 Å². The van der Waals surface area contributed by atoms with Gasteiger partial charge in [-0.05, 0) is 30.2 Å². The number of hydrogen-bond acceptors (Lipinski definition) is 4. The molecule has 0 unspecified atom stereocenters.